The van der Waals surface area contributed by atoms with Crippen LogP contribution in [0.1, 0.15) is 51.9 Å². The van der Waals surface area contributed by atoms with Gasteiger partial charge in [0.1, 0.15) is 0 Å². The van der Waals surface area contributed by atoms with Gasteiger partial charge in [-0.2, -0.15) is 0 Å². The minimum atomic E-state index is 0.695. The predicted octanol–water partition coefficient (Wildman–Crippen LogP) is 2.57. The molecule has 1 N–H and O–H groups in total. The van der Waals surface area contributed by atoms with Crippen LogP contribution in [-0.2, 0) is 0 Å². The summed E-state index contributed by atoms with van der Waals surface area (Å²) >= 11 is 0. The Morgan fingerprint density at radius 3 is 2.70 bits per heavy atom. The Labute approximate surface area is 126 Å². The van der Waals surface area contributed by atoms with E-state index in [0.717, 1.165) is 18.0 Å². The van der Waals surface area contributed by atoms with Crippen molar-refractivity contribution in [2.75, 3.05) is 34.2 Å². The van der Waals surface area contributed by atoms with Crippen LogP contribution in [0.5, 0.6) is 0 Å². The second-order valence-corrected chi connectivity index (χ2v) is 7.15. The van der Waals surface area contributed by atoms with Gasteiger partial charge in [0, 0.05) is 24.7 Å². The number of hydrogen-bond acceptors (Lipinski definition) is 3. The lowest BCUT2D eigenvalue weighted by Gasteiger charge is -2.46. The van der Waals surface area contributed by atoms with Crippen LogP contribution in [0.4, 0.5) is 0 Å². The molecule has 118 valence electrons. The molecular weight excluding hydrogens is 246 g/mol. The normalized spacial score (nSPS) is 36.5. The Morgan fingerprint density at radius 2 is 2.05 bits per heavy atom. The van der Waals surface area contributed by atoms with E-state index in [1.165, 1.54) is 58.0 Å². The zero-order chi connectivity index (χ0) is 14.5. The van der Waals surface area contributed by atoms with Gasteiger partial charge in [-0.05, 0) is 65.7 Å². The Hall–Kier alpha value is -0.120. The second-order valence-electron chi connectivity index (χ2n) is 7.15. The lowest BCUT2D eigenvalue weighted by atomic mass is 9.79. The van der Waals surface area contributed by atoms with E-state index in [0.29, 0.717) is 6.04 Å². The molecule has 1 aliphatic carbocycles. The van der Waals surface area contributed by atoms with Crippen molar-refractivity contribution in [1.82, 2.24) is 15.1 Å². The van der Waals surface area contributed by atoms with Gasteiger partial charge in [-0.25, -0.2) is 0 Å². The minimum absolute atomic E-state index is 0.695. The van der Waals surface area contributed by atoms with E-state index in [9.17, 15) is 0 Å². The molecule has 2 aliphatic rings. The molecule has 3 nitrogen and oxygen atoms in total. The van der Waals surface area contributed by atoms with E-state index in [-0.39, 0.29) is 0 Å². The van der Waals surface area contributed by atoms with E-state index < -0.39 is 0 Å². The topological polar surface area (TPSA) is 18.5 Å². The highest BCUT2D eigenvalue weighted by Gasteiger charge is 2.35. The summed E-state index contributed by atoms with van der Waals surface area (Å²) in [6.07, 6.45) is 9.69. The zero-order valence-corrected chi connectivity index (χ0v) is 14.1. The average Bonchev–Trinajstić information content (AvgIpc) is 2.47. The van der Waals surface area contributed by atoms with Crippen molar-refractivity contribution in [2.24, 2.45) is 5.92 Å². The molecule has 1 saturated carbocycles. The predicted molar refractivity (Wildman–Crippen MR) is 87.2 cm³/mol. The number of nitrogens with zero attached hydrogens (tertiary/aromatic N) is 2. The minimum Gasteiger partial charge on any atom is -0.315 e. The maximum atomic E-state index is 3.59. The molecule has 0 aromatic heterocycles. The number of likely N-dealkylation sites (tertiary alicyclic amines) is 1. The third kappa shape index (κ3) is 3.96. The standard InChI is InChI=1S/C17H35N3/c1-5-7-14-9-10-16(18-2)17(12-14)20(4)15-8-6-11-19(3)13-15/h14-18H,5-13H2,1-4H3. The van der Waals surface area contributed by atoms with Crippen LogP contribution in [0.25, 0.3) is 0 Å². The van der Waals surface area contributed by atoms with Gasteiger partial charge < -0.3 is 10.2 Å². The second kappa shape index (κ2) is 7.77. The SMILES string of the molecule is CCCC1CCC(NC)C(N(C)C2CCCN(C)C2)C1. The first-order valence-corrected chi connectivity index (χ1v) is 8.73. The highest BCUT2D eigenvalue weighted by Crippen LogP contribution is 2.32. The molecule has 0 bridgehead atoms. The van der Waals surface area contributed by atoms with Crippen LogP contribution in [-0.4, -0.2) is 62.2 Å². The van der Waals surface area contributed by atoms with Gasteiger partial charge in [-0.3, -0.25) is 4.90 Å². The summed E-state index contributed by atoms with van der Waals surface area (Å²) in [5.74, 6) is 0.957. The number of rotatable bonds is 5. The van der Waals surface area contributed by atoms with Gasteiger partial charge in [-0.15, -0.1) is 0 Å². The molecule has 0 spiro atoms. The molecule has 20 heavy (non-hydrogen) atoms. The highest BCUT2D eigenvalue weighted by molar-refractivity contribution is 4.93. The van der Waals surface area contributed by atoms with Crippen molar-refractivity contribution in [3.05, 3.63) is 0 Å². The van der Waals surface area contributed by atoms with Crippen LogP contribution < -0.4 is 5.32 Å². The van der Waals surface area contributed by atoms with E-state index in [1.807, 2.05) is 0 Å². The fourth-order valence-corrected chi connectivity index (χ4v) is 4.43. The van der Waals surface area contributed by atoms with E-state index in [4.69, 9.17) is 0 Å². The Morgan fingerprint density at radius 1 is 1.25 bits per heavy atom. The van der Waals surface area contributed by atoms with Gasteiger partial charge in [-0.1, -0.05) is 19.8 Å². The summed E-state index contributed by atoms with van der Waals surface area (Å²) in [4.78, 5) is 5.23. The van der Waals surface area contributed by atoms with Crippen molar-refractivity contribution in [3.63, 3.8) is 0 Å². The number of piperidine rings is 1. The summed E-state index contributed by atoms with van der Waals surface area (Å²) in [6.45, 7) is 4.86. The van der Waals surface area contributed by atoms with Crippen molar-refractivity contribution in [3.8, 4) is 0 Å². The van der Waals surface area contributed by atoms with Crippen molar-refractivity contribution in [1.29, 1.82) is 0 Å². The van der Waals surface area contributed by atoms with Crippen LogP contribution in [0.2, 0.25) is 0 Å². The molecule has 0 amide bonds. The molecule has 0 aromatic rings. The number of likely N-dealkylation sites (N-methyl/N-ethyl adjacent to an activating group) is 3. The maximum absolute atomic E-state index is 3.59. The summed E-state index contributed by atoms with van der Waals surface area (Å²) in [5, 5.41) is 3.59. The van der Waals surface area contributed by atoms with Crippen LogP contribution in [0, 0.1) is 5.92 Å². The summed E-state index contributed by atoms with van der Waals surface area (Å²) < 4.78 is 0. The van der Waals surface area contributed by atoms with Crippen molar-refractivity contribution >= 4 is 0 Å². The fourth-order valence-electron chi connectivity index (χ4n) is 4.43. The molecule has 2 rings (SSSR count). The molecule has 4 unspecified atom stereocenters. The van der Waals surface area contributed by atoms with E-state index >= 15 is 0 Å². The maximum Gasteiger partial charge on any atom is 0.0252 e. The molecule has 0 radical (unpaired) electrons. The first-order valence-electron chi connectivity index (χ1n) is 8.73. The van der Waals surface area contributed by atoms with Gasteiger partial charge >= 0.3 is 0 Å². The molecule has 4 atom stereocenters. The lowest BCUT2D eigenvalue weighted by Crippen LogP contribution is -2.57. The van der Waals surface area contributed by atoms with Crippen molar-refractivity contribution < 1.29 is 0 Å². The van der Waals surface area contributed by atoms with Gasteiger partial charge in [0.2, 0.25) is 0 Å². The third-order valence-electron chi connectivity index (χ3n) is 5.69. The lowest BCUT2D eigenvalue weighted by molar-refractivity contribution is 0.0500. The quantitative estimate of drug-likeness (QED) is 0.835. The van der Waals surface area contributed by atoms with Gasteiger partial charge in [0.25, 0.3) is 0 Å². The zero-order valence-electron chi connectivity index (χ0n) is 14.1. The largest absolute Gasteiger partial charge is 0.315 e. The van der Waals surface area contributed by atoms with E-state index in [1.54, 1.807) is 0 Å². The van der Waals surface area contributed by atoms with Crippen LogP contribution in [0.15, 0.2) is 0 Å². The Balaban J connectivity index is 1.97. The summed E-state index contributed by atoms with van der Waals surface area (Å²) in [6, 6.07) is 2.19. The van der Waals surface area contributed by atoms with Gasteiger partial charge in [0.15, 0.2) is 0 Å². The summed E-state index contributed by atoms with van der Waals surface area (Å²) in [7, 11) is 6.81. The number of hydrogen-bond donors (Lipinski definition) is 1. The monoisotopic (exact) mass is 281 g/mol. The smallest absolute Gasteiger partial charge is 0.0252 e. The molecule has 1 heterocycles. The average molecular weight is 281 g/mol. The molecule has 3 heteroatoms. The number of nitrogens with one attached hydrogen (secondary N) is 1. The molecule has 0 aromatic carbocycles. The molecule has 1 aliphatic heterocycles. The first kappa shape index (κ1) is 16.3. The van der Waals surface area contributed by atoms with Crippen LogP contribution >= 0.6 is 0 Å². The van der Waals surface area contributed by atoms with Crippen molar-refractivity contribution in [2.45, 2.75) is 70.0 Å². The first-order chi connectivity index (χ1) is 9.65. The molecular formula is C17H35N3. The highest BCUT2D eigenvalue weighted by atomic mass is 15.2. The third-order valence-corrected chi connectivity index (χ3v) is 5.69. The van der Waals surface area contributed by atoms with E-state index in [2.05, 4.69) is 43.2 Å². The fraction of sp³-hybridized carbons (Fsp3) is 1.00. The van der Waals surface area contributed by atoms with Gasteiger partial charge in [0.05, 0.1) is 0 Å². The Kier molecular flexibility index (Phi) is 6.31. The molecule has 1 saturated heterocycles. The van der Waals surface area contributed by atoms with Crippen LogP contribution in [0.3, 0.4) is 0 Å². The molecule has 2 fully saturated rings. The summed E-state index contributed by atoms with van der Waals surface area (Å²) in [5.41, 5.74) is 0. The Bertz CT molecular complexity index is 281.